The van der Waals surface area contributed by atoms with Gasteiger partial charge in [-0.25, -0.2) is 19.6 Å². The first-order valence-electron chi connectivity index (χ1n) is 11.6. The molecule has 0 aliphatic carbocycles. The highest BCUT2D eigenvalue weighted by Crippen LogP contribution is 2.24. The highest BCUT2D eigenvalue weighted by Gasteiger charge is 2.22. The maximum absolute atomic E-state index is 13.2. The molecule has 0 amide bonds. The maximum atomic E-state index is 13.2. The van der Waals surface area contributed by atoms with Crippen molar-refractivity contribution < 1.29 is 0 Å². The number of hydrogen-bond donors (Lipinski definition) is 2. The van der Waals surface area contributed by atoms with Crippen molar-refractivity contribution in [1.82, 2.24) is 34.6 Å². The van der Waals surface area contributed by atoms with E-state index in [0.717, 1.165) is 30.8 Å². The van der Waals surface area contributed by atoms with Gasteiger partial charge in [-0.05, 0) is 61.1 Å². The maximum Gasteiger partial charge on any atom is 0.278 e. The van der Waals surface area contributed by atoms with Crippen LogP contribution in [0.3, 0.4) is 0 Å². The first-order valence-corrected chi connectivity index (χ1v) is 11.6. The van der Waals surface area contributed by atoms with Crippen LogP contribution in [0.4, 0.5) is 11.6 Å². The van der Waals surface area contributed by atoms with Crippen LogP contribution in [0.1, 0.15) is 57.4 Å². The summed E-state index contributed by atoms with van der Waals surface area (Å²) in [5.41, 5.74) is 4.81. The lowest BCUT2D eigenvalue weighted by atomic mass is 9.89. The minimum Gasteiger partial charge on any atom is -0.324 e. The minimum absolute atomic E-state index is 0.0702. The third kappa shape index (κ3) is 3.96. The van der Waals surface area contributed by atoms with Crippen LogP contribution < -0.4 is 16.2 Å². The van der Waals surface area contributed by atoms with E-state index < -0.39 is 0 Å². The molecule has 0 bridgehead atoms. The molecule has 34 heavy (non-hydrogen) atoms. The van der Waals surface area contributed by atoms with Crippen LogP contribution in [0.25, 0.3) is 17.0 Å². The van der Waals surface area contributed by atoms with Crippen molar-refractivity contribution in [3.63, 3.8) is 0 Å². The summed E-state index contributed by atoms with van der Waals surface area (Å²) in [5.74, 6) is 0.821. The predicted molar refractivity (Wildman–Crippen MR) is 133 cm³/mol. The summed E-state index contributed by atoms with van der Waals surface area (Å²) in [7, 11) is 0. The van der Waals surface area contributed by atoms with E-state index >= 15 is 0 Å². The Morgan fingerprint density at radius 1 is 1.06 bits per heavy atom. The van der Waals surface area contributed by atoms with Gasteiger partial charge in [0.05, 0.1) is 0 Å². The monoisotopic (exact) mass is 458 g/mol. The van der Waals surface area contributed by atoms with Crippen molar-refractivity contribution in [2.45, 2.75) is 59.0 Å². The standard InChI is InChI=1S/C25H30N8O/c1-15(2)32-22(34)20-14-27-23(30-19-7-6-17-11-26-9-8-16(17)10-19)31-21(20)33(32)24-28-12-18(13-29-24)25(3,4)5/h6-7,10,12-15,26H,8-9,11H2,1-5H3,(H,27,30,31). The quantitative estimate of drug-likeness (QED) is 0.481. The molecule has 0 spiro atoms. The van der Waals surface area contributed by atoms with E-state index in [2.05, 4.69) is 58.5 Å². The van der Waals surface area contributed by atoms with E-state index in [1.807, 2.05) is 32.3 Å². The van der Waals surface area contributed by atoms with Gasteiger partial charge in [-0.1, -0.05) is 26.8 Å². The van der Waals surface area contributed by atoms with E-state index in [1.165, 1.54) is 11.1 Å². The van der Waals surface area contributed by atoms with Gasteiger partial charge < -0.3 is 10.6 Å². The molecular weight excluding hydrogens is 428 g/mol. The summed E-state index contributed by atoms with van der Waals surface area (Å²) in [5, 5.41) is 7.12. The number of aromatic nitrogens is 6. The Kier molecular flexibility index (Phi) is 5.44. The molecule has 1 aliphatic heterocycles. The lowest BCUT2D eigenvalue weighted by Crippen LogP contribution is -2.25. The summed E-state index contributed by atoms with van der Waals surface area (Å²) in [6.07, 6.45) is 6.19. The number of fused-ring (bicyclic) bond motifs is 2. The van der Waals surface area contributed by atoms with Gasteiger partial charge in [0, 0.05) is 36.9 Å². The SMILES string of the molecule is CC(C)n1c(=O)c2cnc(Nc3ccc4c(c3)CCNC4)nc2n1-c1ncc(C(C)(C)C)cn1. The Bertz CT molecular complexity index is 1410. The molecule has 4 heterocycles. The third-order valence-corrected chi connectivity index (χ3v) is 6.16. The highest BCUT2D eigenvalue weighted by molar-refractivity contribution is 5.76. The average Bonchev–Trinajstić information content (AvgIpc) is 3.10. The average molecular weight is 459 g/mol. The second-order valence-electron chi connectivity index (χ2n) is 10.0. The largest absolute Gasteiger partial charge is 0.324 e. The third-order valence-electron chi connectivity index (χ3n) is 6.16. The highest BCUT2D eigenvalue weighted by atomic mass is 16.1. The fraction of sp³-hybridized carbons (Fsp3) is 0.400. The molecule has 5 rings (SSSR count). The van der Waals surface area contributed by atoms with Crippen LogP contribution in [-0.2, 0) is 18.4 Å². The van der Waals surface area contributed by atoms with Crippen LogP contribution in [0.5, 0.6) is 0 Å². The van der Waals surface area contributed by atoms with E-state index in [1.54, 1.807) is 15.6 Å². The number of nitrogens with zero attached hydrogens (tertiary/aromatic N) is 6. The number of benzene rings is 1. The fourth-order valence-electron chi connectivity index (χ4n) is 4.22. The first kappa shape index (κ1) is 22.2. The van der Waals surface area contributed by atoms with Crippen molar-refractivity contribution in [2.24, 2.45) is 0 Å². The molecule has 4 aromatic rings. The second-order valence-corrected chi connectivity index (χ2v) is 10.0. The molecule has 0 radical (unpaired) electrons. The van der Waals surface area contributed by atoms with Gasteiger partial charge in [0.25, 0.3) is 11.5 Å². The molecule has 9 heteroatoms. The van der Waals surface area contributed by atoms with E-state index in [-0.39, 0.29) is 17.0 Å². The zero-order valence-corrected chi connectivity index (χ0v) is 20.3. The molecule has 0 atom stereocenters. The molecule has 3 aromatic heterocycles. The summed E-state index contributed by atoms with van der Waals surface area (Å²) >= 11 is 0. The van der Waals surface area contributed by atoms with E-state index in [9.17, 15) is 4.79 Å². The zero-order valence-electron chi connectivity index (χ0n) is 20.3. The Morgan fingerprint density at radius 3 is 2.53 bits per heavy atom. The van der Waals surface area contributed by atoms with Crippen molar-refractivity contribution >= 4 is 22.7 Å². The van der Waals surface area contributed by atoms with Crippen molar-refractivity contribution in [1.29, 1.82) is 0 Å². The molecule has 9 nitrogen and oxygen atoms in total. The zero-order chi connectivity index (χ0) is 24.0. The summed E-state index contributed by atoms with van der Waals surface area (Å²) in [4.78, 5) is 31.5. The normalized spacial score (nSPS) is 13.9. The topological polar surface area (TPSA) is 103 Å². The van der Waals surface area contributed by atoms with Gasteiger partial charge in [-0.2, -0.15) is 9.67 Å². The minimum atomic E-state index is -0.165. The predicted octanol–water partition coefficient (Wildman–Crippen LogP) is 3.64. The van der Waals surface area contributed by atoms with Gasteiger partial charge in [0.2, 0.25) is 5.95 Å². The molecule has 0 unspecified atom stereocenters. The molecule has 0 fully saturated rings. The van der Waals surface area contributed by atoms with Crippen LogP contribution in [-0.4, -0.2) is 35.8 Å². The molecule has 0 saturated carbocycles. The fourth-order valence-corrected chi connectivity index (χ4v) is 4.22. The second kappa shape index (κ2) is 8.32. The summed E-state index contributed by atoms with van der Waals surface area (Å²) < 4.78 is 3.32. The number of nitrogens with one attached hydrogen (secondary N) is 2. The molecule has 1 aliphatic rings. The van der Waals surface area contributed by atoms with Gasteiger partial charge in [0.1, 0.15) is 5.39 Å². The summed E-state index contributed by atoms with van der Waals surface area (Å²) in [6.45, 7) is 12.1. The number of anilines is 2. The Morgan fingerprint density at radius 2 is 1.82 bits per heavy atom. The van der Waals surface area contributed by atoms with E-state index in [4.69, 9.17) is 4.98 Å². The lowest BCUT2D eigenvalue weighted by Gasteiger charge is -2.19. The van der Waals surface area contributed by atoms with Gasteiger partial charge in [-0.3, -0.25) is 4.79 Å². The van der Waals surface area contributed by atoms with Crippen molar-refractivity contribution in [3.05, 3.63) is 63.8 Å². The van der Waals surface area contributed by atoms with Crippen LogP contribution in [0.2, 0.25) is 0 Å². The summed E-state index contributed by atoms with van der Waals surface area (Å²) in [6, 6.07) is 6.18. The number of hydrogen-bond acceptors (Lipinski definition) is 7. The Balaban J connectivity index is 1.59. The van der Waals surface area contributed by atoms with Crippen LogP contribution in [0, 0.1) is 0 Å². The molecule has 0 saturated heterocycles. The molecule has 176 valence electrons. The van der Waals surface area contributed by atoms with Gasteiger partial charge in [-0.15, -0.1) is 0 Å². The van der Waals surface area contributed by atoms with Gasteiger partial charge >= 0.3 is 0 Å². The lowest BCUT2D eigenvalue weighted by molar-refractivity contribution is 0.466. The first-order chi connectivity index (χ1) is 16.2. The molecular formula is C25H30N8O. The van der Waals surface area contributed by atoms with Crippen molar-refractivity contribution in [2.75, 3.05) is 11.9 Å². The van der Waals surface area contributed by atoms with Crippen LogP contribution in [0.15, 0.2) is 41.6 Å². The molecule has 2 N–H and O–H groups in total. The molecule has 1 aromatic carbocycles. The van der Waals surface area contributed by atoms with Gasteiger partial charge in [0.15, 0.2) is 5.65 Å². The smallest absolute Gasteiger partial charge is 0.278 e. The van der Waals surface area contributed by atoms with Crippen LogP contribution >= 0.6 is 0 Å². The Hall–Kier alpha value is -3.59. The van der Waals surface area contributed by atoms with Crippen molar-refractivity contribution in [3.8, 4) is 5.95 Å². The van der Waals surface area contributed by atoms with E-state index in [0.29, 0.717) is 22.9 Å². The Labute approximate surface area is 198 Å². The number of rotatable bonds is 4.